The Morgan fingerprint density at radius 3 is 2.11 bits per heavy atom. The Kier molecular flexibility index (Phi) is 7.12. The van der Waals surface area contributed by atoms with Crippen LogP contribution < -0.4 is 23.6 Å². The van der Waals surface area contributed by atoms with E-state index >= 15 is 0 Å². The molecule has 0 aromatic heterocycles. The molecule has 0 unspecified atom stereocenters. The van der Waals surface area contributed by atoms with Gasteiger partial charge in [-0.05, 0) is 6.42 Å². The van der Waals surface area contributed by atoms with E-state index in [1.807, 2.05) is 0 Å². The maximum Gasteiger partial charge on any atom is 1.00 e. The number of hydrogen-bond acceptors (Lipinski definition) is 3. The van der Waals surface area contributed by atoms with Crippen molar-refractivity contribution in [2.45, 2.75) is 13.3 Å². The van der Waals surface area contributed by atoms with Gasteiger partial charge in [0.2, 0.25) is 0 Å². The van der Waals surface area contributed by atoms with Crippen molar-refractivity contribution in [1.82, 2.24) is 4.72 Å². The average Bonchev–Trinajstić information content (AvgIpc) is 1.59. The second-order valence-corrected chi connectivity index (χ2v) is 2.55. The van der Waals surface area contributed by atoms with Crippen LogP contribution in [0.4, 0.5) is 0 Å². The summed E-state index contributed by atoms with van der Waals surface area (Å²) in [6, 6.07) is 0. The zero-order valence-corrected chi connectivity index (χ0v) is 6.36. The molecule has 0 rings (SSSR count). The minimum Gasteiger partial charge on any atom is -0.735 e. The second-order valence-electron chi connectivity index (χ2n) is 1.35. The number of hydrogen-bond donors (Lipinski definition) is 1. The molecule has 0 atom stereocenters. The third-order valence-electron chi connectivity index (χ3n) is 0.529. The summed E-state index contributed by atoms with van der Waals surface area (Å²) in [7, 11) is -4.19. The molecule has 0 amide bonds. The minimum atomic E-state index is -4.19. The Bertz CT molecular complexity index is 143. The van der Waals surface area contributed by atoms with E-state index < -0.39 is 10.3 Å². The minimum absolute atomic E-state index is 0. The van der Waals surface area contributed by atoms with Crippen molar-refractivity contribution in [2.75, 3.05) is 6.54 Å². The van der Waals surface area contributed by atoms with Crippen molar-refractivity contribution in [3.8, 4) is 0 Å². The van der Waals surface area contributed by atoms with Crippen LogP contribution in [-0.4, -0.2) is 19.5 Å². The summed E-state index contributed by atoms with van der Waals surface area (Å²) in [6.07, 6.45) is 0.640. The summed E-state index contributed by atoms with van der Waals surface area (Å²) in [5.74, 6) is 0. The van der Waals surface area contributed by atoms with Gasteiger partial charge < -0.3 is 4.55 Å². The average molecular weight is 145 g/mol. The Hall–Kier alpha value is 0.467. The fourth-order valence-corrected chi connectivity index (χ4v) is 0.681. The van der Waals surface area contributed by atoms with Crippen LogP contribution >= 0.6 is 0 Å². The van der Waals surface area contributed by atoms with E-state index in [9.17, 15) is 13.0 Å². The molecule has 0 saturated heterocycles. The summed E-state index contributed by atoms with van der Waals surface area (Å²) >= 11 is 0. The van der Waals surface area contributed by atoms with Crippen LogP contribution in [0.2, 0.25) is 0 Å². The first kappa shape index (κ1) is 12.2. The van der Waals surface area contributed by atoms with Crippen LogP contribution in [0.25, 0.3) is 0 Å². The van der Waals surface area contributed by atoms with Crippen molar-refractivity contribution in [1.29, 1.82) is 0 Å². The molecular weight excluding hydrogens is 137 g/mol. The monoisotopic (exact) mass is 145 g/mol. The summed E-state index contributed by atoms with van der Waals surface area (Å²) < 4.78 is 31.0. The maximum absolute atomic E-state index is 9.72. The summed E-state index contributed by atoms with van der Waals surface area (Å²) in [6.45, 7) is 2.00. The van der Waals surface area contributed by atoms with E-state index in [0.717, 1.165) is 0 Å². The van der Waals surface area contributed by atoms with Crippen molar-refractivity contribution in [2.24, 2.45) is 0 Å². The molecule has 0 aliphatic carbocycles. The Morgan fingerprint density at radius 1 is 1.56 bits per heavy atom. The third kappa shape index (κ3) is 11.8. The topological polar surface area (TPSA) is 69.2 Å². The third-order valence-corrected chi connectivity index (χ3v) is 1.09. The fraction of sp³-hybridized carbons (Fsp3) is 1.00. The molecule has 0 aromatic rings. The second kappa shape index (κ2) is 5.27. The predicted molar refractivity (Wildman–Crippen MR) is 28.0 cm³/mol. The van der Waals surface area contributed by atoms with Crippen molar-refractivity contribution in [3.05, 3.63) is 0 Å². The van der Waals surface area contributed by atoms with Gasteiger partial charge in [0, 0.05) is 6.54 Å². The molecule has 0 radical (unpaired) electrons. The molecule has 0 fully saturated rings. The Balaban J connectivity index is 0. The van der Waals surface area contributed by atoms with Gasteiger partial charge in [-0.25, -0.2) is 13.1 Å². The Labute approximate surface area is 67.1 Å². The molecule has 1 N–H and O–H groups in total. The first-order valence-electron chi connectivity index (χ1n) is 2.26. The molecule has 50 valence electrons. The Morgan fingerprint density at radius 2 is 2.00 bits per heavy atom. The van der Waals surface area contributed by atoms with Crippen LogP contribution in [0.1, 0.15) is 13.3 Å². The van der Waals surface area contributed by atoms with E-state index in [1.54, 1.807) is 11.6 Å². The van der Waals surface area contributed by atoms with Gasteiger partial charge in [-0.15, -0.1) is 0 Å². The normalized spacial score (nSPS) is 10.4. The van der Waals surface area contributed by atoms with E-state index in [1.165, 1.54) is 0 Å². The number of rotatable bonds is 3. The van der Waals surface area contributed by atoms with Gasteiger partial charge in [-0.3, -0.25) is 0 Å². The summed E-state index contributed by atoms with van der Waals surface area (Å²) in [4.78, 5) is 0. The van der Waals surface area contributed by atoms with Gasteiger partial charge in [0.25, 0.3) is 0 Å². The molecule has 0 aromatic carbocycles. The van der Waals surface area contributed by atoms with Crippen molar-refractivity contribution < 1.29 is 31.8 Å². The molecule has 6 heteroatoms. The molecular formula is C3H8LiNO3S. The van der Waals surface area contributed by atoms with E-state index in [2.05, 4.69) is 0 Å². The zero-order chi connectivity index (χ0) is 6.62. The van der Waals surface area contributed by atoms with Gasteiger partial charge in [0.05, 0.1) is 0 Å². The number of nitrogens with one attached hydrogen (secondary N) is 1. The van der Waals surface area contributed by atoms with Crippen LogP contribution in [0, 0.1) is 0 Å². The van der Waals surface area contributed by atoms with Crippen LogP contribution in [0.5, 0.6) is 0 Å². The van der Waals surface area contributed by atoms with E-state index in [-0.39, 0.29) is 25.4 Å². The van der Waals surface area contributed by atoms with Crippen LogP contribution in [-0.2, 0) is 10.3 Å². The zero-order valence-electron chi connectivity index (χ0n) is 5.55. The summed E-state index contributed by atoms with van der Waals surface area (Å²) in [5, 5.41) is 0. The van der Waals surface area contributed by atoms with E-state index in [4.69, 9.17) is 0 Å². The smallest absolute Gasteiger partial charge is 0.735 e. The molecule has 0 heterocycles. The van der Waals surface area contributed by atoms with Gasteiger partial charge in [-0.1, -0.05) is 6.92 Å². The van der Waals surface area contributed by atoms with Gasteiger partial charge >= 0.3 is 18.9 Å². The fourth-order valence-electron chi connectivity index (χ4n) is 0.227. The van der Waals surface area contributed by atoms with E-state index in [0.29, 0.717) is 6.42 Å². The SMILES string of the molecule is CCCNS(=O)(=O)[O-].[Li+]. The standard InChI is InChI=1S/C3H9NO3S.Li/c1-2-3-4-8(5,6)7;/h4H,2-3H2,1H3,(H,5,6,7);/q;+1/p-1. The largest absolute Gasteiger partial charge is 1.00 e. The predicted octanol–water partition coefficient (Wildman–Crippen LogP) is -3.55. The molecule has 0 aliphatic heterocycles. The first-order valence-corrected chi connectivity index (χ1v) is 3.67. The van der Waals surface area contributed by atoms with Gasteiger partial charge in [0.15, 0.2) is 10.3 Å². The van der Waals surface area contributed by atoms with Gasteiger partial charge in [0.1, 0.15) is 0 Å². The van der Waals surface area contributed by atoms with Crippen molar-refractivity contribution >= 4 is 10.3 Å². The van der Waals surface area contributed by atoms with Crippen molar-refractivity contribution in [3.63, 3.8) is 0 Å². The molecule has 0 spiro atoms. The molecule has 0 saturated carbocycles. The molecule has 0 aliphatic rings. The van der Waals surface area contributed by atoms with Crippen LogP contribution in [0.3, 0.4) is 0 Å². The molecule has 9 heavy (non-hydrogen) atoms. The quantitative estimate of drug-likeness (QED) is 0.330. The molecule has 0 bridgehead atoms. The summed E-state index contributed by atoms with van der Waals surface area (Å²) in [5.41, 5.74) is 0. The molecule has 4 nitrogen and oxygen atoms in total. The first-order chi connectivity index (χ1) is 3.56. The maximum atomic E-state index is 9.72. The van der Waals surface area contributed by atoms with Crippen LogP contribution in [0.15, 0.2) is 0 Å². The van der Waals surface area contributed by atoms with Gasteiger partial charge in [-0.2, -0.15) is 0 Å².